The summed E-state index contributed by atoms with van der Waals surface area (Å²) in [6.45, 7) is 0.997. The zero-order valence-corrected chi connectivity index (χ0v) is 11.4. The molecule has 14 nitrogen and oxygen atoms in total. The number of nitro groups is 4. The van der Waals surface area contributed by atoms with E-state index in [4.69, 9.17) is 0 Å². The number of aliphatic carboxylic acids is 1. The zero-order valence-electron chi connectivity index (χ0n) is 11.4. The number of hydrogen-bond donors (Lipinski definition) is 0. The highest BCUT2D eigenvalue weighted by Crippen LogP contribution is 2.29. The molecule has 0 bridgehead atoms. The number of carboxylic acid groups (broad SMARTS) is 1. The average molecular weight is 323 g/mol. The highest BCUT2D eigenvalue weighted by molar-refractivity contribution is 5.67. The molecule has 0 aliphatic carbocycles. The van der Waals surface area contributed by atoms with Gasteiger partial charge >= 0.3 is 11.3 Å². The van der Waals surface area contributed by atoms with Gasteiger partial charge in [0.05, 0.1) is 46.4 Å². The molecule has 22 heavy (non-hydrogen) atoms. The first-order valence-corrected chi connectivity index (χ1v) is 5.58. The molecule has 0 heterocycles. The number of rotatable bonds is 9. The van der Waals surface area contributed by atoms with E-state index in [2.05, 4.69) is 0 Å². The van der Waals surface area contributed by atoms with Crippen molar-refractivity contribution in [3.8, 4) is 0 Å². The fourth-order valence-electron chi connectivity index (χ4n) is 1.60. The summed E-state index contributed by atoms with van der Waals surface area (Å²) in [7, 11) is 0. The van der Waals surface area contributed by atoms with Gasteiger partial charge in [0.1, 0.15) is 0 Å². The predicted octanol–water partition coefficient (Wildman–Crippen LogP) is -1.33. The van der Waals surface area contributed by atoms with Crippen LogP contribution >= 0.6 is 0 Å². The van der Waals surface area contributed by atoms with Crippen LogP contribution in [0.4, 0.5) is 0 Å². The summed E-state index contributed by atoms with van der Waals surface area (Å²) in [6, 6.07) is 0. The molecule has 0 N–H and O–H groups in total. The first-order chi connectivity index (χ1) is 9.79. The first-order valence-electron chi connectivity index (χ1n) is 5.58. The largest absolute Gasteiger partial charge is 0.550 e. The van der Waals surface area contributed by atoms with E-state index in [0.29, 0.717) is 13.8 Å². The maximum Gasteiger partial charge on any atom is 0.456 e. The van der Waals surface area contributed by atoms with Gasteiger partial charge in [-0.05, 0) is 0 Å². The molecule has 0 fully saturated rings. The lowest BCUT2D eigenvalue weighted by atomic mass is 9.88. The molecule has 0 spiro atoms. The number of nitrogens with zero attached hydrogens (tertiary/aromatic N) is 4. The second kappa shape index (κ2) is 6.23. The molecule has 0 saturated carbocycles. The normalized spacial score (nSPS) is 12.0. The van der Waals surface area contributed by atoms with Gasteiger partial charge in [0.2, 0.25) is 0 Å². The molecule has 0 aliphatic rings. The Morgan fingerprint density at radius 3 is 1.18 bits per heavy atom. The summed E-state index contributed by atoms with van der Waals surface area (Å²) in [4.78, 5) is 48.4. The van der Waals surface area contributed by atoms with E-state index < -0.39 is 55.7 Å². The Kier molecular flexibility index (Phi) is 5.40. The molecule has 0 saturated heterocycles. The van der Waals surface area contributed by atoms with Gasteiger partial charge in [0.25, 0.3) is 0 Å². The van der Waals surface area contributed by atoms with E-state index in [-0.39, 0.29) is 0 Å². The van der Waals surface area contributed by atoms with E-state index >= 15 is 0 Å². The van der Waals surface area contributed by atoms with Gasteiger partial charge in [-0.15, -0.1) is 0 Å². The summed E-state index contributed by atoms with van der Waals surface area (Å²) < 4.78 is 0. The Hall–Kier alpha value is -2.93. The van der Waals surface area contributed by atoms with Crippen LogP contribution in [0.1, 0.15) is 26.7 Å². The van der Waals surface area contributed by atoms with E-state index in [0.717, 1.165) is 0 Å². The summed E-state index contributed by atoms with van der Waals surface area (Å²) in [5.74, 6) is -4.23. The van der Waals surface area contributed by atoms with Crippen molar-refractivity contribution in [2.75, 3.05) is 0 Å². The fraction of sp³-hybridized carbons (Fsp3) is 0.875. The molecular formula is C8H11N4O10-. The molecule has 0 aromatic carbocycles. The van der Waals surface area contributed by atoms with E-state index in [1.807, 2.05) is 0 Å². The maximum atomic E-state index is 10.9. The molecule has 0 aromatic heterocycles. The SMILES string of the molecule is CC(CC(CC(C)([N+](=O)[O-])[N+](=O)[O-])C(=O)[O-])([N+](=O)[O-])[N+](=O)[O-]. The van der Waals surface area contributed by atoms with Crippen LogP contribution in [-0.2, 0) is 4.79 Å². The van der Waals surface area contributed by atoms with E-state index in [1.165, 1.54) is 0 Å². The van der Waals surface area contributed by atoms with Gasteiger partial charge in [0.15, 0.2) is 0 Å². The molecule has 0 atom stereocenters. The summed E-state index contributed by atoms with van der Waals surface area (Å²) in [5.41, 5.74) is -5.95. The van der Waals surface area contributed by atoms with Crippen LogP contribution in [0.25, 0.3) is 0 Å². The van der Waals surface area contributed by atoms with Gasteiger partial charge in [-0.25, -0.2) is 0 Å². The molecule has 14 heteroatoms. The van der Waals surface area contributed by atoms with Crippen molar-refractivity contribution in [1.29, 1.82) is 0 Å². The van der Waals surface area contributed by atoms with Gasteiger partial charge < -0.3 is 9.90 Å². The van der Waals surface area contributed by atoms with Gasteiger partial charge in [-0.1, -0.05) is 0 Å². The average Bonchev–Trinajstić information content (AvgIpc) is 2.36. The smallest absolute Gasteiger partial charge is 0.456 e. The van der Waals surface area contributed by atoms with Crippen LogP contribution in [-0.4, -0.2) is 37.0 Å². The highest BCUT2D eigenvalue weighted by atomic mass is 16.7. The lowest BCUT2D eigenvalue weighted by Crippen LogP contribution is -2.52. The van der Waals surface area contributed by atoms with Crippen LogP contribution in [0.5, 0.6) is 0 Å². The maximum absolute atomic E-state index is 10.9. The van der Waals surface area contributed by atoms with Crippen molar-refractivity contribution >= 4 is 5.97 Å². The monoisotopic (exact) mass is 323 g/mol. The summed E-state index contributed by atoms with van der Waals surface area (Å²) >= 11 is 0. The third-order valence-electron chi connectivity index (χ3n) is 3.17. The Bertz CT molecular complexity index is 463. The van der Waals surface area contributed by atoms with Crippen LogP contribution in [0, 0.1) is 46.4 Å². The first kappa shape index (κ1) is 19.1. The van der Waals surface area contributed by atoms with Gasteiger partial charge in [-0.3, -0.25) is 40.5 Å². The Labute approximate surface area is 121 Å². The predicted molar refractivity (Wildman–Crippen MR) is 62.5 cm³/mol. The molecule has 0 amide bonds. The number of carbonyl (C=O) groups excluding carboxylic acids is 1. The molecule has 0 rings (SSSR count). The van der Waals surface area contributed by atoms with Gasteiger partial charge in [-0.2, -0.15) is 0 Å². The lowest BCUT2D eigenvalue weighted by Gasteiger charge is -2.23. The topological polar surface area (TPSA) is 213 Å². The molecule has 0 unspecified atom stereocenters. The minimum atomic E-state index is -2.97. The molecule has 0 aliphatic heterocycles. The Morgan fingerprint density at radius 1 is 0.818 bits per heavy atom. The lowest BCUT2D eigenvalue weighted by molar-refractivity contribution is -0.800. The van der Waals surface area contributed by atoms with Crippen molar-refractivity contribution in [1.82, 2.24) is 0 Å². The highest BCUT2D eigenvalue weighted by Gasteiger charge is 2.58. The van der Waals surface area contributed by atoms with Crippen LogP contribution in [0.3, 0.4) is 0 Å². The third-order valence-corrected chi connectivity index (χ3v) is 3.17. The second-order valence-corrected chi connectivity index (χ2v) is 4.89. The minimum Gasteiger partial charge on any atom is -0.550 e. The summed E-state index contributed by atoms with van der Waals surface area (Å²) in [5, 5.41) is 53.9. The van der Waals surface area contributed by atoms with Crippen molar-refractivity contribution in [2.24, 2.45) is 5.92 Å². The third kappa shape index (κ3) is 3.58. The molecule has 0 aromatic rings. The molecule has 0 radical (unpaired) electrons. The fourth-order valence-corrected chi connectivity index (χ4v) is 1.60. The van der Waals surface area contributed by atoms with Crippen molar-refractivity contribution in [3.05, 3.63) is 40.5 Å². The summed E-state index contributed by atoms with van der Waals surface area (Å²) in [6.07, 6.45) is -2.60. The quantitative estimate of drug-likeness (QED) is 0.277. The van der Waals surface area contributed by atoms with Crippen LogP contribution in [0.2, 0.25) is 0 Å². The number of carbonyl (C=O) groups is 1. The van der Waals surface area contributed by atoms with Crippen molar-refractivity contribution in [2.45, 2.75) is 38.0 Å². The molecular weight excluding hydrogens is 312 g/mol. The van der Waals surface area contributed by atoms with Gasteiger partial charge in [0, 0.05) is 11.9 Å². The Morgan fingerprint density at radius 2 is 1.05 bits per heavy atom. The number of carboxylic acids is 1. The van der Waals surface area contributed by atoms with Crippen molar-refractivity contribution in [3.63, 3.8) is 0 Å². The van der Waals surface area contributed by atoms with Crippen LogP contribution < -0.4 is 5.11 Å². The number of hydrogen-bond acceptors (Lipinski definition) is 10. The standard InChI is InChI=1S/C8H12N4O10/c1-7(9(15)16,10(17)18)3-5(6(13)14)4-8(2,11(19)20)12(21)22/h5H,3-4H2,1-2H3,(H,13,14)/p-1. The minimum absolute atomic E-state index is 0.499. The van der Waals surface area contributed by atoms with E-state index in [9.17, 15) is 50.4 Å². The second-order valence-electron chi connectivity index (χ2n) is 4.89. The Balaban J connectivity index is 5.65. The zero-order chi connectivity index (χ0) is 17.9. The van der Waals surface area contributed by atoms with Crippen LogP contribution in [0.15, 0.2) is 0 Å². The van der Waals surface area contributed by atoms with Crippen molar-refractivity contribution < 1.29 is 29.6 Å². The van der Waals surface area contributed by atoms with E-state index in [1.54, 1.807) is 0 Å². The molecule has 124 valence electrons.